The van der Waals surface area contributed by atoms with E-state index in [9.17, 15) is 0 Å². The van der Waals surface area contributed by atoms with E-state index >= 15 is 0 Å². The highest BCUT2D eigenvalue weighted by atomic mass is 15.2. The fourth-order valence-corrected chi connectivity index (χ4v) is 3.13. The molecule has 0 radical (unpaired) electrons. The van der Waals surface area contributed by atoms with Crippen LogP contribution in [0.3, 0.4) is 0 Å². The molecule has 2 aromatic heterocycles. The highest BCUT2D eigenvalue weighted by Gasteiger charge is 2.20. The highest BCUT2D eigenvalue weighted by Crippen LogP contribution is 2.20. The molecule has 0 unspecified atom stereocenters. The van der Waals surface area contributed by atoms with Crippen molar-refractivity contribution >= 4 is 11.0 Å². The second-order valence-corrected chi connectivity index (χ2v) is 5.93. The van der Waals surface area contributed by atoms with E-state index < -0.39 is 0 Å². The predicted molar refractivity (Wildman–Crippen MR) is 85.3 cm³/mol. The van der Waals surface area contributed by atoms with Crippen LogP contribution >= 0.6 is 0 Å². The molecule has 3 heterocycles. The number of nitrogens with zero attached hydrogens (tertiary/aromatic N) is 5. The van der Waals surface area contributed by atoms with Gasteiger partial charge in [-0.2, -0.15) is 0 Å². The quantitative estimate of drug-likeness (QED) is 0.727. The van der Waals surface area contributed by atoms with Gasteiger partial charge in [-0.1, -0.05) is 12.1 Å². The SMILES string of the molecule is Cc1ncc2c(n1)CN(Cc1nc3ccccc3n1C)CC2. The van der Waals surface area contributed by atoms with Crippen molar-refractivity contribution in [3.8, 4) is 0 Å². The normalized spacial score (nSPS) is 15.2. The van der Waals surface area contributed by atoms with E-state index in [1.165, 1.54) is 11.1 Å². The number of imidazole rings is 1. The van der Waals surface area contributed by atoms with Crippen LogP contribution in [0.5, 0.6) is 0 Å². The van der Waals surface area contributed by atoms with E-state index in [0.717, 1.165) is 48.9 Å². The number of aromatic nitrogens is 4. The maximum Gasteiger partial charge on any atom is 0.125 e. The number of hydrogen-bond acceptors (Lipinski definition) is 4. The Bertz CT molecular complexity index is 836. The number of fused-ring (bicyclic) bond motifs is 2. The van der Waals surface area contributed by atoms with Gasteiger partial charge in [0.25, 0.3) is 0 Å². The van der Waals surface area contributed by atoms with Crippen molar-refractivity contribution in [3.05, 3.63) is 53.4 Å². The van der Waals surface area contributed by atoms with Gasteiger partial charge in [0.15, 0.2) is 0 Å². The lowest BCUT2D eigenvalue weighted by Crippen LogP contribution is -2.32. The molecule has 3 aromatic rings. The summed E-state index contributed by atoms with van der Waals surface area (Å²) in [4.78, 5) is 16.1. The first-order valence-electron chi connectivity index (χ1n) is 7.65. The highest BCUT2D eigenvalue weighted by molar-refractivity contribution is 5.75. The van der Waals surface area contributed by atoms with Gasteiger partial charge in [0.05, 0.1) is 23.3 Å². The first kappa shape index (κ1) is 13.4. The number of hydrogen-bond donors (Lipinski definition) is 0. The van der Waals surface area contributed by atoms with Crippen LogP contribution in [0, 0.1) is 6.92 Å². The first-order chi connectivity index (χ1) is 10.7. The second-order valence-electron chi connectivity index (χ2n) is 5.93. The van der Waals surface area contributed by atoms with E-state index in [1.54, 1.807) is 0 Å². The van der Waals surface area contributed by atoms with Crippen LogP contribution in [0.1, 0.15) is 22.9 Å². The summed E-state index contributed by atoms with van der Waals surface area (Å²) in [6.45, 7) is 4.71. The molecule has 0 N–H and O–H groups in total. The summed E-state index contributed by atoms with van der Waals surface area (Å²) in [6, 6.07) is 8.29. The van der Waals surface area contributed by atoms with Crippen molar-refractivity contribution in [2.24, 2.45) is 7.05 Å². The van der Waals surface area contributed by atoms with Crippen LogP contribution in [0.25, 0.3) is 11.0 Å². The van der Waals surface area contributed by atoms with Gasteiger partial charge in [-0.05, 0) is 31.0 Å². The molecule has 0 bridgehead atoms. The molecule has 0 fully saturated rings. The van der Waals surface area contributed by atoms with E-state index in [0.29, 0.717) is 0 Å². The fraction of sp³-hybridized carbons (Fsp3) is 0.353. The molecular weight excluding hydrogens is 274 g/mol. The minimum atomic E-state index is 0.850. The van der Waals surface area contributed by atoms with Gasteiger partial charge in [-0.3, -0.25) is 4.90 Å². The minimum absolute atomic E-state index is 0.850. The van der Waals surface area contributed by atoms with E-state index in [4.69, 9.17) is 4.98 Å². The predicted octanol–water partition coefficient (Wildman–Crippen LogP) is 2.23. The summed E-state index contributed by atoms with van der Waals surface area (Å²) in [5.41, 5.74) is 4.70. The maximum atomic E-state index is 4.77. The zero-order valence-corrected chi connectivity index (χ0v) is 13.0. The molecule has 4 rings (SSSR count). The third-order valence-corrected chi connectivity index (χ3v) is 4.39. The van der Waals surface area contributed by atoms with Crippen molar-refractivity contribution < 1.29 is 0 Å². The molecule has 112 valence electrons. The summed E-state index contributed by atoms with van der Waals surface area (Å²) in [5.74, 6) is 1.96. The third-order valence-electron chi connectivity index (χ3n) is 4.39. The third kappa shape index (κ3) is 2.27. The Kier molecular flexibility index (Phi) is 3.15. The zero-order valence-electron chi connectivity index (χ0n) is 13.0. The van der Waals surface area contributed by atoms with Crippen molar-refractivity contribution in [2.75, 3.05) is 6.54 Å². The van der Waals surface area contributed by atoms with Crippen molar-refractivity contribution in [1.29, 1.82) is 0 Å². The number of benzene rings is 1. The van der Waals surface area contributed by atoms with Gasteiger partial charge in [-0.25, -0.2) is 15.0 Å². The molecule has 22 heavy (non-hydrogen) atoms. The standard InChI is InChI=1S/C17H19N5/c1-12-18-9-13-7-8-22(10-15(13)19-12)11-17-20-14-5-3-4-6-16(14)21(17)2/h3-6,9H,7-8,10-11H2,1-2H3. The van der Waals surface area contributed by atoms with Crippen molar-refractivity contribution in [2.45, 2.75) is 26.4 Å². The summed E-state index contributed by atoms with van der Waals surface area (Å²) in [6.07, 6.45) is 2.99. The van der Waals surface area contributed by atoms with Gasteiger partial charge in [-0.15, -0.1) is 0 Å². The maximum absolute atomic E-state index is 4.77. The van der Waals surface area contributed by atoms with Gasteiger partial charge in [0.1, 0.15) is 11.6 Å². The minimum Gasteiger partial charge on any atom is -0.330 e. The molecule has 1 aliphatic rings. The Morgan fingerprint density at radius 3 is 2.91 bits per heavy atom. The Labute approximate surface area is 129 Å². The largest absolute Gasteiger partial charge is 0.330 e. The number of aryl methyl sites for hydroxylation is 2. The topological polar surface area (TPSA) is 46.8 Å². The molecule has 0 amide bonds. The second kappa shape index (κ2) is 5.18. The van der Waals surface area contributed by atoms with Crippen LogP contribution in [0.2, 0.25) is 0 Å². The molecule has 0 saturated carbocycles. The molecule has 1 aromatic carbocycles. The van der Waals surface area contributed by atoms with Gasteiger partial charge in [0.2, 0.25) is 0 Å². The average molecular weight is 293 g/mol. The van der Waals surface area contributed by atoms with Crippen LogP contribution in [0.4, 0.5) is 0 Å². The lowest BCUT2D eigenvalue weighted by molar-refractivity contribution is 0.233. The molecule has 5 heteroatoms. The summed E-state index contributed by atoms with van der Waals surface area (Å²) in [7, 11) is 2.09. The van der Waals surface area contributed by atoms with Gasteiger partial charge in [0, 0.05) is 26.3 Å². The van der Waals surface area contributed by atoms with Crippen LogP contribution < -0.4 is 0 Å². The first-order valence-corrected chi connectivity index (χ1v) is 7.65. The molecule has 0 aliphatic carbocycles. The van der Waals surface area contributed by atoms with E-state index in [-0.39, 0.29) is 0 Å². The summed E-state index contributed by atoms with van der Waals surface area (Å²) in [5, 5.41) is 0. The monoisotopic (exact) mass is 293 g/mol. The van der Waals surface area contributed by atoms with Gasteiger partial charge < -0.3 is 4.57 Å². The number of para-hydroxylation sites is 2. The Morgan fingerprint density at radius 1 is 1.18 bits per heavy atom. The number of rotatable bonds is 2. The molecular formula is C17H19N5. The van der Waals surface area contributed by atoms with Crippen LogP contribution in [-0.4, -0.2) is 31.0 Å². The Hall–Kier alpha value is -2.27. The molecule has 0 atom stereocenters. The summed E-state index contributed by atoms with van der Waals surface area (Å²) >= 11 is 0. The Balaban J connectivity index is 1.60. The van der Waals surface area contributed by atoms with Crippen molar-refractivity contribution in [3.63, 3.8) is 0 Å². The fourth-order valence-electron chi connectivity index (χ4n) is 3.13. The molecule has 5 nitrogen and oxygen atoms in total. The van der Waals surface area contributed by atoms with E-state index in [2.05, 4.69) is 44.7 Å². The van der Waals surface area contributed by atoms with Gasteiger partial charge >= 0.3 is 0 Å². The molecule has 0 spiro atoms. The van der Waals surface area contributed by atoms with Crippen LogP contribution in [-0.2, 0) is 26.6 Å². The van der Waals surface area contributed by atoms with E-state index in [1.807, 2.05) is 19.2 Å². The smallest absolute Gasteiger partial charge is 0.125 e. The average Bonchev–Trinajstić information content (AvgIpc) is 2.84. The molecule has 0 saturated heterocycles. The zero-order chi connectivity index (χ0) is 15.1. The lowest BCUT2D eigenvalue weighted by Gasteiger charge is -2.27. The lowest BCUT2D eigenvalue weighted by atomic mass is 10.1. The summed E-state index contributed by atoms with van der Waals surface area (Å²) < 4.78 is 2.19. The Morgan fingerprint density at radius 2 is 2.05 bits per heavy atom. The van der Waals surface area contributed by atoms with Crippen LogP contribution in [0.15, 0.2) is 30.5 Å². The molecule has 1 aliphatic heterocycles. The van der Waals surface area contributed by atoms with Crippen molar-refractivity contribution in [1.82, 2.24) is 24.4 Å².